The van der Waals surface area contributed by atoms with Crippen molar-refractivity contribution in [2.75, 3.05) is 0 Å². The topological polar surface area (TPSA) is 79.3 Å². The van der Waals surface area contributed by atoms with Crippen LogP contribution < -0.4 is 4.72 Å². The van der Waals surface area contributed by atoms with Gasteiger partial charge in [-0.2, -0.15) is 0 Å². The molecule has 2 rings (SSSR count). The zero-order valence-electron chi connectivity index (χ0n) is 11.2. The maximum atomic E-state index is 12.4. The molecule has 1 aromatic carbocycles. The number of thiazole rings is 1. The summed E-state index contributed by atoms with van der Waals surface area (Å²) >= 11 is 1.42. The number of aryl methyl sites for hydroxylation is 1. The fourth-order valence-electron chi connectivity index (χ4n) is 1.81. The Morgan fingerprint density at radius 1 is 1.40 bits per heavy atom. The Morgan fingerprint density at radius 2 is 2.10 bits per heavy atom. The smallest absolute Gasteiger partial charge is 0.241 e. The zero-order chi connectivity index (χ0) is 14.8. The molecule has 0 aliphatic carbocycles. The monoisotopic (exact) mass is 312 g/mol. The second kappa shape index (κ2) is 6.01. The predicted octanol–water partition coefficient (Wildman–Crippen LogP) is 1.98. The molecule has 0 aliphatic rings. The lowest BCUT2D eigenvalue weighted by Gasteiger charge is -2.14. The molecule has 0 saturated carbocycles. The number of benzene rings is 1. The standard InChI is InChI=1S/C13H16N2O3S2/c1-9-8-19-13(14-9)10(2)15-20(17,18)12-6-4-3-5-11(12)7-16/h3-6,8,10,15-16H,7H2,1-2H3. The lowest BCUT2D eigenvalue weighted by molar-refractivity contribution is 0.278. The summed E-state index contributed by atoms with van der Waals surface area (Å²) in [6.07, 6.45) is 0. The SMILES string of the molecule is Cc1csc(C(C)NS(=O)(=O)c2ccccc2CO)n1. The molecule has 0 aliphatic heterocycles. The maximum Gasteiger partial charge on any atom is 0.241 e. The van der Waals surface area contributed by atoms with Crippen molar-refractivity contribution in [3.63, 3.8) is 0 Å². The Kier molecular flexibility index (Phi) is 4.54. The molecule has 0 saturated heterocycles. The number of hydrogen-bond donors (Lipinski definition) is 2. The summed E-state index contributed by atoms with van der Waals surface area (Å²) in [4.78, 5) is 4.37. The first-order valence-corrected chi connectivity index (χ1v) is 8.43. The summed E-state index contributed by atoms with van der Waals surface area (Å²) < 4.78 is 27.3. The molecule has 0 fully saturated rings. The lowest BCUT2D eigenvalue weighted by Crippen LogP contribution is -2.27. The van der Waals surface area contributed by atoms with Crippen LogP contribution in [0.4, 0.5) is 0 Å². The molecular formula is C13H16N2O3S2. The van der Waals surface area contributed by atoms with Crippen molar-refractivity contribution in [2.24, 2.45) is 0 Å². The van der Waals surface area contributed by atoms with Gasteiger partial charge in [0, 0.05) is 11.1 Å². The van der Waals surface area contributed by atoms with Crippen molar-refractivity contribution in [1.82, 2.24) is 9.71 Å². The molecule has 108 valence electrons. The van der Waals surface area contributed by atoms with Crippen LogP contribution in [0.15, 0.2) is 34.5 Å². The van der Waals surface area contributed by atoms with E-state index < -0.39 is 16.1 Å². The van der Waals surface area contributed by atoms with E-state index in [1.165, 1.54) is 17.4 Å². The molecule has 0 amide bonds. The van der Waals surface area contributed by atoms with E-state index >= 15 is 0 Å². The fourth-order valence-corrected chi connectivity index (χ4v) is 4.13. The van der Waals surface area contributed by atoms with Crippen LogP contribution in [0.3, 0.4) is 0 Å². The second-order valence-electron chi connectivity index (χ2n) is 4.44. The number of nitrogens with zero attached hydrogens (tertiary/aromatic N) is 1. The van der Waals surface area contributed by atoms with Crippen LogP contribution in [0.25, 0.3) is 0 Å². The van der Waals surface area contributed by atoms with Crippen LogP contribution in [0, 0.1) is 6.92 Å². The average Bonchev–Trinajstić information content (AvgIpc) is 2.85. The van der Waals surface area contributed by atoms with E-state index in [-0.39, 0.29) is 11.5 Å². The number of rotatable bonds is 5. The van der Waals surface area contributed by atoms with E-state index in [9.17, 15) is 13.5 Å². The summed E-state index contributed by atoms with van der Waals surface area (Å²) in [5.41, 5.74) is 1.24. The third-order valence-corrected chi connectivity index (χ3v) is 5.56. The second-order valence-corrected chi connectivity index (χ2v) is 7.01. The minimum absolute atomic E-state index is 0.0997. The number of sulfonamides is 1. The molecule has 2 N–H and O–H groups in total. The van der Waals surface area contributed by atoms with E-state index in [4.69, 9.17) is 0 Å². The Labute approximate surface area is 122 Å². The molecule has 1 aromatic heterocycles. The van der Waals surface area contributed by atoms with Gasteiger partial charge in [-0.05, 0) is 25.5 Å². The molecule has 0 spiro atoms. The van der Waals surface area contributed by atoms with Crippen LogP contribution in [-0.2, 0) is 16.6 Å². The molecule has 0 bridgehead atoms. The summed E-state index contributed by atoms with van der Waals surface area (Å²) in [6, 6.07) is 5.98. The minimum atomic E-state index is -3.68. The number of hydrogen-bond acceptors (Lipinski definition) is 5. The van der Waals surface area contributed by atoms with Crippen molar-refractivity contribution in [3.8, 4) is 0 Å². The van der Waals surface area contributed by atoms with Crippen LogP contribution in [-0.4, -0.2) is 18.5 Å². The average molecular weight is 312 g/mol. The molecule has 20 heavy (non-hydrogen) atoms. The van der Waals surface area contributed by atoms with Gasteiger partial charge in [-0.3, -0.25) is 0 Å². The molecular weight excluding hydrogens is 296 g/mol. The van der Waals surface area contributed by atoms with E-state index in [2.05, 4.69) is 9.71 Å². The van der Waals surface area contributed by atoms with Gasteiger partial charge >= 0.3 is 0 Å². The Morgan fingerprint density at radius 3 is 2.70 bits per heavy atom. The third kappa shape index (κ3) is 3.24. The van der Waals surface area contributed by atoms with Gasteiger partial charge < -0.3 is 5.11 Å². The molecule has 2 aromatic rings. The van der Waals surface area contributed by atoms with Crippen molar-refractivity contribution in [3.05, 3.63) is 45.9 Å². The zero-order valence-corrected chi connectivity index (χ0v) is 12.8. The van der Waals surface area contributed by atoms with Gasteiger partial charge in [-0.25, -0.2) is 18.1 Å². The summed E-state index contributed by atoms with van der Waals surface area (Å²) in [6.45, 7) is 3.29. The van der Waals surface area contributed by atoms with Gasteiger partial charge in [0.2, 0.25) is 10.0 Å². The normalized spacial score (nSPS) is 13.3. The molecule has 1 heterocycles. The summed E-state index contributed by atoms with van der Waals surface area (Å²) in [5.74, 6) is 0. The first-order chi connectivity index (χ1) is 9.44. The van der Waals surface area contributed by atoms with Crippen molar-refractivity contribution in [1.29, 1.82) is 0 Å². The Balaban J connectivity index is 2.27. The highest BCUT2D eigenvalue weighted by Gasteiger charge is 2.22. The highest BCUT2D eigenvalue weighted by Crippen LogP contribution is 2.22. The van der Waals surface area contributed by atoms with Gasteiger partial charge in [-0.1, -0.05) is 18.2 Å². The third-order valence-electron chi connectivity index (χ3n) is 2.77. The van der Waals surface area contributed by atoms with Gasteiger partial charge in [0.1, 0.15) is 5.01 Å². The molecule has 0 radical (unpaired) electrons. The van der Waals surface area contributed by atoms with Gasteiger partial charge in [0.05, 0.1) is 17.5 Å². The number of aromatic nitrogens is 1. The predicted molar refractivity (Wildman–Crippen MR) is 78.0 cm³/mol. The highest BCUT2D eigenvalue weighted by molar-refractivity contribution is 7.89. The van der Waals surface area contributed by atoms with Gasteiger partial charge in [0.15, 0.2) is 0 Å². The van der Waals surface area contributed by atoms with Crippen LogP contribution in [0.1, 0.15) is 29.2 Å². The molecule has 1 unspecified atom stereocenters. The Hall–Kier alpha value is -1.28. The quantitative estimate of drug-likeness (QED) is 0.885. The number of nitrogens with one attached hydrogen (secondary N) is 1. The Bertz CT molecular complexity index is 695. The van der Waals surface area contributed by atoms with Crippen LogP contribution in [0.2, 0.25) is 0 Å². The van der Waals surface area contributed by atoms with E-state index in [0.29, 0.717) is 10.6 Å². The van der Waals surface area contributed by atoms with Gasteiger partial charge in [0.25, 0.3) is 0 Å². The van der Waals surface area contributed by atoms with E-state index in [0.717, 1.165) is 5.69 Å². The van der Waals surface area contributed by atoms with Crippen molar-refractivity contribution in [2.45, 2.75) is 31.4 Å². The maximum absolute atomic E-state index is 12.4. The minimum Gasteiger partial charge on any atom is -0.392 e. The lowest BCUT2D eigenvalue weighted by atomic mass is 10.2. The number of aliphatic hydroxyl groups excluding tert-OH is 1. The molecule has 7 heteroatoms. The molecule has 5 nitrogen and oxygen atoms in total. The van der Waals surface area contributed by atoms with Crippen molar-refractivity contribution < 1.29 is 13.5 Å². The largest absolute Gasteiger partial charge is 0.392 e. The van der Waals surface area contributed by atoms with E-state index in [1.807, 2.05) is 12.3 Å². The van der Waals surface area contributed by atoms with Crippen LogP contribution in [0.5, 0.6) is 0 Å². The van der Waals surface area contributed by atoms with Gasteiger partial charge in [-0.15, -0.1) is 11.3 Å². The molecule has 1 atom stereocenters. The number of aliphatic hydroxyl groups is 1. The summed E-state index contributed by atoms with van der Waals surface area (Å²) in [5, 5.41) is 11.8. The van der Waals surface area contributed by atoms with Crippen molar-refractivity contribution >= 4 is 21.4 Å². The van der Waals surface area contributed by atoms with Crippen LogP contribution >= 0.6 is 11.3 Å². The summed E-state index contributed by atoms with van der Waals surface area (Å²) in [7, 11) is -3.68. The highest BCUT2D eigenvalue weighted by atomic mass is 32.2. The first kappa shape index (κ1) is 15.1. The first-order valence-electron chi connectivity index (χ1n) is 6.07. The fraction of sp³-hybridized carbons (Fsp3) is 0.308. The van der Waals surface area contributed by atoms with E-state index in [1.54, 1.807) is 25.1 Å².